The number of carbonyl (C=O) groups is 2. The van der Waals surface area contributed by atoms with Crippen LogP contribution in [0.4, 0.5) is 0 Å². The molecule has 1 aromatic carbocycles. The number of ketones is 2. The summed E-state index contributed by atoms with van der Waals surface area (Å²) in [5.41, 5.74) is 5.40. The topological polar surface area (TPSA) is 55.4 Å². The second kappa shape index (κ2) is 5.43. The molecule has 3 rings (SSSR count). The molecule has 4 heteroatoms. The van der Waals surface area contributed by atoms with Gasteiger partial charge in [-0.2, -0.15) is 0 Å². The van der Waals surface area contributed by atoms with Gasteiger partial charge in [0.1, 0.15) is 0 Å². The van der Waals surface area contributed by atoms with Gasteiger partial charge in [-0.3, -0.25) is 19.9 Å². The number of Topliss-reactive ketones (excluding diaryl/α,β-unsaturated/α-hetero) is 2. The maximum Gasteiger partial charge on any atom is 0.196 e. The number of carbonyl (C=O) groups excluding carboxylic acids is 2. The average Bonchev–Trinajstić information content (AvgIpc) is 3.01. The van der Waals surface area contributed by atoms with E-state index in [0.717, 1.165) is 24.1 Å². The summed E-state index contributed by atoms with van der Waals surface area (Å²) in [4.78, 5) is 29.3. The van der Waals surface area contributed by atoms with Gasteiger partial charge >= 0.3 is 0 Å². The van der Waals surface area contributed by atoms with Gasteiger partial charge in [0.05, 0.1) is 17.9 Å². The number of hydrogen-bond acceptors (Lipinski definition) is 4. The molecule has 0 atom stereocenters. The molecule has 102 valence electrons. The fraction of sp³-hybridized carbons (Fsp3) is 0.250. The second-order valence-electron chi connectivity index (χ2n) is 4.87. The summed E-state index contributed by atoms with van der Waals surface area (Å²) < 4.78 is 0. The largest absolute Gasteiger partial charge is 0.294 e. The highest BCUT2D eigenvalue weighted by Crippen LogP contribution is 2.21. The van der Waals surface area contributed by atoms with Gasteiger partial charge in [-0.25, -0.2) is 0 Å². The van der Waals surface area contributed by atoms with Crippen molar-refractivity contribution in [3.8, 4) is 0 Å². The molecule has 2 aliphatic rings. The Labute approximate surface area is 117 Å². The fourth-order valence-electron chi connectivity index (χ4n) is 2.42. The van der Waals surface area contributed by atoms with Crippen LogP contribution in [0.1, 0.15) is 35.2 Å². The maximum atomic E-state index is 12.4. The molecule has 0 unspecified atom stereocenters. The smallest absolute Gasteiger partial charge is 0.196 e. The van der Waals surface area contributed by atoms with Gasteiger partial charge in [0.15, 0.2) is 11.6 Å². The summed E-state index contributed by atoms with van der Waals surface area (Å²) in [5, 5.41) is 0. The van der Waals surface area contributed by atoms with Crippen molar-refractivity contribution in [1.82, 2.24) is 5.48 Å². The lowest BCUT2D eigenvalue weighted by Crippen LogP contribution is -2.16. The Morgan fingerprint density at radius 1 is 1.25 bits per heavy atom. The molecule has 0 saturated carbocycles. The molecule has 0 bridgehead atoms. The van der Waals surface area contributed by atoms with Crippen LogP contribution in [0.25, 0.3) is 5.70 Å². The second-order valence-corrected chi connectivity index (χ2v) is 4.87. The summed E-state index contributed by atoms with van der Waals surface area (Å²) >= 11 is 0. The van der Waals surface area contributed by atoms with E-state index in [1.807, 2.05) is 18.2 Å². The molecule has 1 heterocycles. The van der Waals surface area contributed by atoms with Crippen LogP contribution in [0.3, 0.4) is 0 Å². The Morgan fingerprint density at radius 2 is 2.15 bits per heavy atom. The van der Waals surface area contributed by atoms with Crippen molar-refractivity contribution in [2.75, 3.05) is 6.61 Å². The minimum absolute atomic E-state index is 0.0480. The van der Waals surface area contributed by atoms with Crippen molar-refractivity contribution in [3.05, 3.63) is 53.1 Å². The molecule has 0 fully saturated rings. The number of hydrogen-bond donors (Lipinski definition) is 1. The summed E-state index contributed by atoms with van der Waals surface area (Å²) in [5.74, 6) is -0.232. The van der Waals surface area contributed by atoms with Gasteiger partial charge < -0.3 is 0 Å². The third-order valence-corrected chi connectivity index (χ3v) is 3.49. The Hall–Kier alpha value is -2.20. The molecule has 0 aromatic heterocycles. The zero-order valence-corrected chi connectivity index (χ0v) is 11.0. The van der Waals surface area contributed by atoms with Crippen molar-refractivity contribution >= 4 is 17.3 Å². The summed E-state index contributed by atoms with van der Waals surface area (Å²) in [7, 11) is 0. The van der Waals surface area contributed by atoms with Crippen LogP contribution in [-0.2, 0) is 9.63 Å². The van der Waals surface area contributed by atoms with E-state index < -0.39 is 0 Å². The molecule has 1 aliphatic carbocycles. The van der Waals surface area contributed by atoms with Gasteiger partial charge in [0.2, 0.25) is 0 Å². The van der Waals surface area contributed by atoms with Crippen molar-refractivity contribution in [2.45, 2.75) is 19.3 Å². The zero-order chi connectivity index (χ0) is 13.9. The van der Waals surface area contributed by atoms with Crippen LogP contribution >= 0.6 is 0 Å². The van der Waals surface area contributed by atoms with Gasteiger partial charge in [0, 0.05) is 17.5 Å². The van der Waals surface area contributed by atoms with Crippen molar-refractivity contribution in [2.24, 2.45) is 0 Å². The molecule has 0 saturated heterocycles. The summed E-state index contributed by atoms with van der Waals surface area (Å²) in [6.07, 6.45) is 5.78. The first-order valence-corrected chi connectivity index (χ1v) is 6.72. The van der Waals surface area contributed by atoms with Gasteiger partial charge in [-0.15, -0.1) is 0 Å². The summed E-state index contributed by atoms with van der Waals surface area (Å²) in [6.45, 7) is 0.511. The van der Waals surface area contributed by atoms with Crippen LogP contribution < -0.4 is 5.48 Å². The van der Waals surface area contributed by atoms with Crippen LogP contribution in [0.15, 0.2) is 42.0 Å². The van der Waals surface area contributed by atoms with Gasteiger partial charge in [0.25, 0.3) is 0 Å². The zero-order valence-electron chi connectivity index (χ0n) is 11.0. The first-order valence-electron chi connectivity index (χ1n) is 6.72. The van der Waals surface area contributed by atoms with E-state index in [-0.39, 0.29) is 11.6 Å². The minimum Gasteiger partial charge on any atom is -0.294 e. The van der Waals surface area contributed by atoms with E-state index in [0.29, 0.717) is 24.2 Å². The number of hydroxylamine groups is 1. The van der Waals surface area contributed by atoms with Crippen molar-refractivity contribution in [3.63, 3.8) is 0 Å². The lowest BCUT2D eigenvalue weighted by atomic mass is 9.91. The fourth-order valence-corrected chi connectivity index (χ4v) is 2.42. The number of allylic oxidation sites excluding steroid dienone is 2. The molecule has 1 aliphatic heterocycles. The predicted octanol–water partition coefficient (Wildman–Crippen LogP) is 2.42. The number of rotatable bonds is 3. The molecule has 0 amide bonds. The number of benzene rings is 1. The molecular formula is C16H15NO3. The standard InChI is InChI=1S/C16H15NO3/c18-15-7-2-1-6-13(15)16(19)12-5-3-4-11(10-12)14-8-9-20-17-14/h3-6,8,10,17H,1-2,7,9H2. The molecular weight excluding hydrogens is 254 g/mol. The maximum absolute atomic E-state index is 12.4. The lowest BCUT2D eigenvalue weighted by molar-refractivity contribution is -0.115. The summed E-state index contributed by atoms with van der Waals surface area (Å²) in [6, 6.07) is 7.25. The van der Waals surface area contributed by atoms with E-state index in [4.69, 9.17) is 4.84 Å². The van der Waals surface area contributed by atoms with Gasteiger partial charge in [-0.1, -0.05) is 24.3 Å². The van der Waals surface area contributed by atoms with E-state index >= 15 is 0 Å². The van der Waals surface area contributed by atoms with Crippen molar-refractivity contribution < 1.29 is 14.4 Å². The molecule has 0 spiro atoms. The highest BCUT2D eigenvalue weighted by Gasteiger charge is 2.22. The van der Waals surface area contributed by atoms with E-state index in [9.17, 15) is 9.59 Å². The average molecular weight is 269 g/mol. The Bertz CT molecular complexity index is 628. The normalized spacial score (nSPS) is 18.3. The van der Waals surface area contributed by atoms with Crippen LogP contribution in [0.5, 0.6) is 0 Å². The molecule has 20 heavy (non-hydrogen) atoms. The predicted molar refractivity (Wildman–Crippen MR) is 74.8 cm³/mol. The monoisotopic (exact) mass is 269 g/mol. The first-order chi connectivity index (χ1) is 9.75. The van der Waals surface area contributed by atoms with E-state index in [1.165, 1.54) is 0 Å². The molecule has 4 nitrogen and oxygen atoms in total. The number of nitrogens with one attached hydrogen (secondary N) is 1. The van der Waals surface area contributed by atoms with Crippen molar-refractivity contribution in [1.29, 1.82) is 0 Å². The molecule has 1 N–H and O–H groups in total. The third kappa shape index (κ3) is 2.42. The molecule has 1 aromatic rings. The third-order valence-electron chi connectivity index (χ3n) is 3.49. The molecule has 0 radical (unpaired) electrons. The highest BCUT2D eigenvalue weighted by atomic mass is 16.6. The lowest BCUT2D eigenvalue weighted by Gasteiger charge is -2.11. The highest BCUT2D eigenvalue weighted by molar-refractivity contribution is 6.26. The van der Waals surface area contributed by atoms with Crippen LogP contribution in [0.2, 0.25) is 0 Å². The Morgan fingerprint density at radius 3 is 2.90 bits per heavy atom. The van der Waals surface area contributed by atoms with E-state index in [2.05, 4.69) is 5.48 Å². The Kier molecular flexibility index (Phi) is 3.48. The van der Waals surface area contributed by atoms with Crippen LogP contribution in [0, 0.1) is 0 Å². The van der Waals surface area contributed by atoms with E-state index in [1.54, 1.807) is 18.2 Å². The minimum atomic E-state index is -0.184. The van der Waals surface area contributed by atoms with Crippen LogP contribution in [-0.4, -0.2) is 18.2 Å². The first kappa shape index (κ1) is 12.8. The SMILES string of the molecule is O=C1CCCC=C1C(=O)c1cccc(C2=CCON2)c1. The quantitative estimate of drug-likeness (QED) is 0.676. The Balaban J connectivity index is 1.90. The van der Waals surface area contributed by atoms with Gasteiger partial charge in [-0.05, 0) is 25.0 Å².